The van der Waals surface area contributed by atoms with Crippen LogP contribution in [0.4, 0.5) is 0 Å². The van der Waals surface area contributed by atoms with Gasteiger partial charge in [0.15, 0.2) is 0 Å². The summed E-state index contributed by atoms with van der Waals surface area (Å²) in [5.41, 5.74) is 1.68. The quantitative estimate of drug-likeness (QED) is 0.802. The van der Waals surface area contributed by atoms with E-state index in [4.69, 9.17) is 4.74 Å². The molecule has 0 radical (unpaired) electrons. The highest BCUT2D eigenvalue weighted by Crippen LogP contribution is 2.46. The largest absolute Gasteiger partial charge is 0.458 e. The third kappa shape index (κ3) is 2.99. The average molecular weight is 313 g/mol. The number of benzene rings is 1. The summed E-state index contributed by atoms with van der Waals surface area (Å²) in [5, 5.41) is 0. The maximum atomic E-state index is 12.3. The third-order valence-electron chi connectivity index (χ3n) is 5.67. The van der Waals surface area contributed by atoms with E-state index in [-0.39, 0.29) is 18.0 Å². The Balaban J connectivity index is 1.35. The Kier molecular flexibility index (Phi) is 3.83. The number of likely N-dealkylation sites (tertiary alicyclic amines) is 1. The molecule has 0 unspecified atom stereocenters. The number of nitrogens with zero attached hydrogens (tertiary/aromatic N) is 1. The molecule has 2 saturated carbocycles. The summed E-state index contributed by atoms with van der Waals surface area (Å²) < 4.78 is 5.72. The second kappa shape index (κ2) is 5.99. The van der Waals surface area contributed by atoms with E-state index in [1.807, 2.05) is 29.2 Å². The highest BCUT2D eigenvalue weighted by molar-refractivity contribution is 5.89. The number of hydrogen-bond acceptors (Lipinski definition) is 3. The predicted molar refractivity (Wildman–Crippen MR) is 85.7 cm³/mol. The lowest BCUT2D eigenvalue weighted by Crippen LogP contribution is -2.24. The lowest BCUT2D eigenvalue weighted by Gasteiger charge is -2.22. The summed E-state index contributed by atoms with van der Waals surface area (Å²) in [6, 6.07) is 7.52. The van der Waals surface area contributed by atoms with E-state index in [1.54, 1.807) is 0 Å². The van der Waals surface area contributed by atoms with Crippen molar-refractivity contribution in [1.82, 2.24) is 4.90 Å². The fourth-order valence-electron chi connectivity index (χ4n) is 4.37. The first-order valence-corrected chi connectivity index (χ1v) is 8.77. The Morgan fingerprint density at radius 2 is 2.00 bits per heavy atom. The van der Waals surface area contributed by atoms with Crippen molar-refractivity contribution in [2.24, 2.45) is 11.8 Å². The van der Waals surface area contributed by atoms with Gasteiger partial charge in [0.1, 0.15) is 6.10 Å². The minimum atomic E-state index is -0.202. The Labute approximate surface area is 136 Å². The molecular weight excluding hydrogens is 290 g/mol. The van der Waals surface area contributed by atoms with Crippen molar-refractivity contribution in [3.05, 3.63) is 35.4 Å². The zero-order chi connectivity index (χ0) is 15.8. The summed E-state index contributed by atoms with van der Waals surface area (Å²) in [6.07, 6.45) is 6.55. The van der Waals surface area contributed by atoms with Crippen LogP contribution in [0.1, 0.15) is 54.4 Å². The van der Waals surface area contributed by atoms with Gasteiger partial charge in [-0.25, -0.2) is 4.79 Å². The van der Waals surface area contributed by atoms with Gasteiger partial charge < -0.3 is 9.64 Å². The monoisotopic (exact) mass is 313 g/mol. The molecule has 1 heterocycles. The van der Waals surface area contributed by atoms with Crippen LogP contribution in [0.2, 0.25) is 0 Å². The molecule has 122 valence electrons. The molecule has 2 bridgehead atoms. The van der Waals surface area contributed by atoms with Crippen LogP contribution in [0.3, 0.4) is 0 Å². The van der Waals surface area contributed by atoms with E-state index < -0.39 is 0 Å². The van der Waals surface area contributed by atoms with Crippen molar-refractivity contribution < 1.29 is 14.3 Å². The number of esters is 1. The number of amides is 1. The molecule has 1 aromatic carbocycles. The molecule has 4 rings (SSSR count). The van der Waals surface area contributed by atoms with Gasteiger partial charge in [0, 0.05) is 19.5 Å². The van der Waals surface area contributed by atoms with E-state index in [2.05, 4.69) is 0 Å². The van der Waals surface area contributed by atoms with E-state index in [1.165, 1.54) is 19.3 Å². The summed E-state index contributed by atoms with van der Waals surface area (Å²) >= 11 is 0. The molecule has 4 nitrogen and oxygen atoms in total. The van der Waals surface area contributed by atoms with Gasteiger partial charge in [-0.2, -0.15) is 0 Å². The molecule has 1 aromatic rings. The maximum Gasteiger partial charge on any atom is 0.338 e. The van der Waals surface area contributed by atoms with Crippen LogP contribution < -0.4 is 0 Å². The van der Waals surface area contributed by atoms with Gasteiger partial charge in [0.25, 0.3) is 0 Å². The van der Waals surface area contributed by atoms with Crippen LogP contribution in [0.5, 0.6) is 0 Å². The Morgan fingerprint density at radius 1 is 1.17 bits per heavy atom. The molecule has 4 heteroatoms. The molecular formula is C19H23NO3. The summed E-state index contributed by atoms with van der Waals surface area (Å²) in [4.78, 5) is 25.8. The zero-order valence-corrected chi connectivity index (χ0v) is 13.4. The molecule has 1 amide bonds. The van der Waals surface area contributed by atoms with Crippen LogP contribution >= 0.6 is 0 Å². The Hall–Kier alpha value is -1.84. The first-order valence-electron chi connectivity index (χ1n) is 8.77. The average Bonchev–Trinajstić information content (AvgIpc) is 3.26. The molecule has 0 N–H and O–H groups in total. The minimum Gasteiger partial charge on any atom is -0.458 e. The lowest BCUT2D eigenvalue weighted by atomic mass is 9.98. The van der Waals surface area contributed by atoms with E-state index in [0.29, 0.717) is 24.4 Å². The van der Waals surface area contributed by atoms with Crippen LogP contribution in [-0.4, -0.2) is 29.4 Å². The molecule has 23 heavy (non-hydrogen) atoms. The lowest BCUT2D eigenvalue weighted by molar-refractivity contribution is -0.128. The summed E-state index contributed by atoms with van der Waals surface area (Å²) in [5.74, 6) is 1.39. The molecule has 3 atom stereocenters. The van der Waals surface area contributed by atoms with Crippen LogP contribution in [0.15, 0.2) is 24.3 Å². The number of carbonyl (C=O) groups is 2. The topological polar surface area (TPSA) is 46.6 Å². The highest BCUT2D eigenvalue weighted by Gasteiger charge is 2.41. The van der Waals surface area contributed by atoms with Gasteiger partial charge in [-0.15, -0.1) is 0 Å². The zero-order valence-electron chi connectivity index (χ0n) is 13.4. The molecule has 3 fully saturated rings. The van der Waals surface area contributed by atoms with Crippen LogP contribution in [0.25, 0.3) is 0 Å². The van der Waals surface area contributed by atoms with Crippen molar-refractivity contribution >= 4 is 11.9 Å². The molecule has 0 aromatic heterocycles. The van der Waals surface area contributed by atoms with Gasteiger partial charge in [0.05, 0.1) is 5.56 Å². The number of rotatable bonds is 4. The third-order valence-corrected chi connectivity index (χ3v) is 5.67. The number of fused-ring (bicyclic) bond motifs is 2. The fourth-order valence-corrected chi connectivity index (χ4v) is 4.37. The number of hydrogen-bond donors (Lipinski definition) is 0. The maximum absolute atomic E-state index is 12.3. The van der Waals surface area contributed by atoms with Crippen LogP contribution in [0, 0.1) is 11.8 Å². The first-order chi connectivity index (χ1) is 11.2. The molecule has 3 aliphatic rings. The Morgan fingerprint density at radius 3 is 2.61 bits per heavy atom. The second-order valence-corrected chi connectivity index (χ2v) is 7.23. The minimum absolute atomic E-state index is 0.128. The normalized spacial score (nSPS) is 29.3. The van der Waals surface area contributed by atoms with Gasteiger partial charge >= 0.3 is 5.97 Å². The second-order valence-electron chi connectivity index (χ2n) is 7.23. The SMILES string of the molecule is O=C(O[C@H]1C[C@H]2CC[C@H]1C2)c1ccc(CN2CCCC2=O)cc1. The number of ether oxygens (including phenoxy) is 1. The van der Waals surface area contributed by atoms with Gasteiger partial charge in [-0.05, 0) is 61.6 Å². The standard InChI is InChI=1S/C19H23NO3/c21-18-2-1-9-20(18)12-13-3-6-15(7-4-13)19(22)23-17-11-14-5-8-16(17)10-14/h3-4,6-7,14,16-17H,1-2,5,8-12H2/t14-,16-,17-/m0/s1. The molecule has 1 saturated heterocycles. The first kappa shape index (κ1) is 14.7. The van der Waals surface area contributed by atoms with Gasteiger partial charge in [-0.3, -0.25) is 4.79 Å². The van der Waals surface area contributed by atoms with Gasteiger partial charge in [0.2, 0.25) is 5.91 Å². The smallest absolute Gasteiger partial charge is 0.338 e. The van der Waals surface area contributed by atoms with E-state index in [0.717, 1.165) is 30.9 Å². The highest BCUT2D eigenvalue weighted by atomic mass is 16.5. The molecule has 0 spiro atoms. The fraction of sp³-hybridized carbons (Fsp3) is 0.579. The van der Waals surface area contributed by atoms with Crippen molar-refractivity contribution in [1.29, 1.82) is 0 Å². The predicted octanol–water partition coefficient (Wildman–Crippen LogP) is 3.15. The van der Waals surface area contributed by atoms with Crippen molar-refractivity contribution in [3.63, 3.8) is 0 Å². The van der Waals surface area contributed by atoms with Gasteiger partial charge in [-0.1, -0.05) is 12.1 Å². The Bertz CT molecular complexity index is 610. The molecule has 1 aliphatic heterocycles. The van der Waals surface area contributed by atoms with E-state index >= 15 is 0 Å². The molecule has 2 aliphatic carbocycles. The summed E-state index contributed by atoms with van der Waals surface area (Å²) in [7, 11) is 0. The van der Waals surface area contributed by atoms with Crippen LogP contribution in [-0.2, 0) is 16.1 Å². The number of carbonyl (C=O) groups excluding carboxylic acids is 2. The van der Waals surface area contributed by atoms with Crippen molar-refractivity contribution in [3.8, 4) is 0 Å². The summed E-state index contributed by atoms with van der Waals surface area (Å²) in [6.45, 7) is 1.48. The van der Waals surface area contributed by atoms with E-state index in [9.17, 15) is 9.59 Å². The van der Waals surface area contributed by atoms with Crippen molar-refractivity contribution in [2.75, 3.05) is 6.54 Å². The van der Waals surface area contributed by atoms with Crippen molar-refractivity contribution in [2.45, 2.75) is 51.2 Å².